The van der Waals surface area contributed by atoms with E-state index in [4.69, 9.17) is 0 Å². The summed E-state index contributed by atoms with van der Waals surface area (Å²) >= 11 is 0. The van der Waals surface area contributed by atoms with E-state index in [0.29, 0.717) is 0 Å². The predicted octanol–water partition coefficient (Wildman–Crippen LogP) is 12.8. The Morgan fingerprint density at radius 2 is 0.863 bits per heavy atom. The van der Waals surface area contributed by atoms with E-state index in [2.05, 4.69) is 191 Å². The highest BCUT2D eigenvalue weighted by molar-refractivity contribution is 6.12. The monoisotopic (exact) mass is 648 g/mol. The van der Waals surface area contributed by atoms with Gasteiger partial charge in [0.05, 0.1) is 22.1 Å². The normalized spacial score (nSPS) is 12.2. The molecular weight excluding hydrogens is 617 g/mol. The Bertz CT molecular complexity index is 2980. The zero-order valence-electron chi connectivity index (χ0n) is 27.9. The summed E-state index contributed by atoms with van der Waals surface area (Å²) < 4.78 is 4.81. The van der Waals surface area contributed by atoms with Crippen LogP contribution < -0.4 is 0 Å². The van der Waals surface area contributed by atoms with Gasteiger partial charge in [0.1, 0.15) is 0 Å². The topological polar surface area (TPSA) is 9.86 Å². The number of benzene rings is 8. The molecule has 0 spiro atoms. The van der Waals surface area contributed by atoms with E-state index < -0.39 is 0 Å². The molecule has 2 heteroatoms. The number of rotatable bonds is 4. The lowest BCUT2D eigenvalue weighted by Gasteiger charge is -2.12. The van der Waals surface area contributed by atoms with Gasteiger partial charge in [-0.15, -0.1) is 0 Å². The molecule has 238 valence electrons. The summed E-state index contributed by atoms with van der Waals surface area (Å²) in [7, 11) is 0. The van der Waals surface area contributed by atoms with Crippen LogP contribution >= 0.6 is 0 Å². The van der Waals surface area contributed by atoms with E-state index in [0.717, 1.165) is 6.42 Å². The van der Waals surface area contributed by atoms with Crippen LogP contribution in [0.15, 0.2) is 182 Å². The van der Waals surface area contributed by atoms with Crippen molar-refractivity contribution >= 4 is 43.6 Å². The van der Waals surface area contributed by atoms with Gasteiger partial charge >= 0.3 is 0 Å². The smallest absolute Gasteiger partial charge is 0.0547 e. The third-order valence-electron chi connectivity index (χ3n) is 11.0. The van der Waals surface area contributed by atoms with Crippen LogP contribution in [0.4, 0.5) is 0 Å². The minimum Gasteiger partial charge on any atom is -0.309 e. The Morgan fingerprint density at radius 3 is 1.69 bits per heavy atom. The second kappa shape index (κ2) is 10.9. The number of hydrogen-bond acceptors (Lipinski definition) is 0. The fourth-order valence-electron chi connectivity index (χ4n) is 8.65. The summed E-state index contributed by atoms with van der Waals surface area (Å²) in [4.78, 5) is 0. The molecule has 1 aliphatic carbocycles. The Kier molecular flexibility index (Phi) is 6.05. The van der Waals surface area contributed by atoms with Crippen molar-refractivity contribution in [3.05, 3.63) is 193 Å². The molecule has 11 rings (SSSR count). The molecule has 0 fully saturated rings. The van der Waals surface area contributed by atoms with Gasteiger partial charge in [0.25, 0.3) is 0 Å². The molecule has 0 aliphatic heterocycles. The number of aromatic nitrogens is 2. The molecule has 8 aromatic carbocycles. The van der Waals surface area contributed by atoms with Crippen LogP contribution in [0.25, 0.3) is 88.4 Å². The van der Waals surface area contributed by atoms with E-state index in [1.807, 2.05) is 0 Å². The highest BCUT2D eigenvalue weighted by Gasteiger charge is 2.21. The maximum atomic E-state index is 2.43. The summed E-state index contributed by atoms with van der Waals surface area (Å²) in [5.74, 6) is 0. The van der Waals surface area contributed by atoms with E-state index in [1.54, 1.807) is 0 Å². The van der Waals surface area contributed by atoms with Crippen LogP contribution in [0, 0.1) is 0 Å². The van der Waals surface area contributed by atoms with E-state index >= 15 is 0 Å². The maximum Gasteiger partial charge on any atom is 0.0547 e. The average molecular weight is 649 g/mol. The van der Waals surface area contributed by atoms with Crippen molar-refractivity contribution in [2.75, 3.05) is 0 Å². The lowest BCUT2D eigenvalue weighted by molar-refractivity contribution is 1.18. The first-order valence-electron chi connectivity index (χ1n) is 17.7. The number of fused-ring (bicyclic) bond motifs is 9. The molecule has 0 N–H and O–H groups in total. The standard InChI is InChI=1S/C49H32N2/c1-2-12-36(13-3-1)50-47-20-9-7-16-42(47)45-29-33(24-28-48(45)50)34-23-27-43-41-15-6-8-19-46(41)51(49(43)31-34)37-25-21-32(22-26-37)38-17-10-18-40-39-14-5-4-11-35(39)30-44(38)40/h1-29,31H,30H2. The van der Waals surface area contributed by atoms with Crippen molar-refractivity contribution in [2.45, 2.75) is 6.42 Å². The van der Waals surface area contributed by atoms with Crippen molar-refractivity contribution in [3.63, 3.8) is 0 Å². The second-order valence-corrected chi connectivity index (χ2v) is 13.7. The van der Waals surface area contributed by atoms with Gasteiger partial charge in [-0.1, -0.05) is 127 Å². The van der Waals surface area contributed by atoms with Crippen LogP contribution in [0.5, 0.6) is 0 Å². The molecule has 51 heavy (non-hydrogen) atoms. The van der Waals surface area contributed by atoms with Crippen LogP contribution in [0.1, 0.15) is 11.1 Å². The van der Waals surface area contributed by atoms with Crippen LogP contribution in [0.2, 0.25) is 0 Å². The van der Waals surface area contributed by atoms with Gasteiger partial charge in [0.15, 0.2) is 0 Å². The van der Waals surface area contributed by atoms with E-state index in [9.17, 15) is 0 Å². The first-order chi connectivity index (χ1) is 25.3. The van der Waals surface area contributed by atoms with Gasteiger partial charge in [0, 0.05) is 32.9 Å². The van der Waals surface area contributed by atoms with Crippen molar-refractivity contribution in [2.24, 2.45) is 0 Å². The third-order valence-corrected chi connectivity index (χ3v) is 11.0. The fraction of sp³-hybridized carbons (Fsp3) is 0.0204. The number of para-hydroxylation sites is 3. The first kappa shape index (κ1) is 28.2. The van der Waals surface area contributed by atoms with Crippen LogP contribution in [0.3, 0.4) is 0 Å². The SMILES string of the molecule is c1ccc(-n2c3ccccc3c3cc(-c4ccc5c6ccccc6n(-c6ccc(-c7cccc8c7Cc7ccccc7-8)cc6)c5c4)ccc32)cc1. The molecule has 1 aliphatic rings. The third kappa shape index (κ3) is 4.23. The van der Waals surface area contributed by atoms with Crippen molar-refractivity contribution < 1.29 is 0 Å². The molecule has 0 unspecified atom stereocenters. The van der Waals surface area contributed by atoms with E-state index in [-0.39, 0.29) is 0 Å². The highest BCUT2D eigenvalue weighted by atomic mass is 15.0. The number of hydrogen-bond donors (Lipinski definition) is 0. The summed E-state index contributed by atoms with van der Waals surface area (Å²) in [5, 5.41) is 5.06. The van der Waals surface area contributed by atoms with Crippen molar-refractivity contribution in [1.82, 2.24) is 9.13 Å². The highest BCUT2D eigenvalue weighted by Crippen LogP contribution is 2.42. The maximum absolute atomic E-state index is 2.43. The van der Waals surface area contributed by atoms with Gasteiger partial charge in [0.2, 0.25) is 0 Å². The van der Waals surface area contributed by atoms with Gasteiger partial charge in [-0.3, -0.25) is 0 Å². The minimum absolute atomic E-state index is 0.984. The Morgan fingerprint density at radius 1 is 0.314 bits per heavy atom. The second-order valence-electron chi connectivity index (χ2n) is 13.7. The molecule has 0 atom stereocenters. The van der Waals surface area contributed by atoms with E-state index in [1.165, 1.54) is 99.5 Å². The zero-order chi connectivity index (χ0) is 33.5. The molecule has 0 saturated heterocycles. The van der Waals surface area contributed by atoms with Crippen LogP contribution in [-0.2, 0) is 6.42 Å². The average Bonchev–Trinajstić information content (AvgIpc) is 3.85. The quantitative estimate of drug-likeness (QED) is 0.180. The van der Waals surface area contributed by atoms with Gasteiger partial charge in [-0.2, -0.15) is 0 Å². The molecular formula is C49H32N2. The van der Waals surface area contributed by atoms with Crippen molar-refractivity contribution in [1.29, 1.82) is 0 Å². The molecule has 0 saturated carbocycles. The zero-order valence-corrected chi connectivity index (χ0v) is 27.9. The Labute approximate surface area is 296 Å². The lowest BCUT2D eigenvalue weighted by Crippen LogP contribution is -1.95. The fourth-order valence-corrected chi connectivity index (χ4v) is 8.65. The Hall–Kier alpha value is -6.64. The van der Waals surface area contributed by atoms with Gasteiger partial charge in [-0.25, -0.2) is 0 Å². The molecule has 0 bridgehead atoms. The molecule has 2 nitrogen and oxygen atoms in total. The summed E-state index contributed by atoms with van der Waals surface area (Å²) in [6, 6.07) is 66.9. The van der Waals surface area contributed by atoms with Gasteiger partial charge < -0.3 is 9.13 Å². The molecule has 0 radical (unpaired) electrons. The minimum atomic E-state index is 0.984. The molecule has 10 aromatic rings. The molecule has 2 aromatic heterocycles. The number of nitrogens with zero attached hydrogens (tertiary/aromatic N) is 2. The van der Waals surface area contributed by atoms with Crippen molar-refractivity contribution in [3.8, 4) is 44.8 Å². The molecule has 2 heterocycles. The lowest BCUT2D eigenvalue weighted by atomic mass is 9.95. The Balaban J connectivity index is 1.05. The summed E-state index contributed by atoms with van der Waals surface area (Å²) in [5.41, 5.74) is 17.8. The summed E-state index contributed by atoms with van der Waals surface area (Å²) in [6.07, 6.45) is 0.984. The predicted molar refractivity (Wildman–Crippen MR) is 214 cm³/mol. The van der Waals surface area contributed by atoms with Crippen LogP contribution in [-0.4, -0.2) is 9.13 Å². The van der Waals surface area contributed by atoms with Gasteiger partial charge in [-0.05, 0) is 106 Å². The molecule has 0 amide bonds. The first-order valence-corrected chi connectivity index (χ1v) is 17.7. The largest absolute Gasteiger partial charge is 0.309 e. The summed E-state index contributed by atoms with van der Waals surface area (Å²) in [6.45, 7) is 0.